The number of ether oxygens (including phenoxy) is 2. The van der Waals surface area contributed by atoms with E-state index >= 15 is 0 Å². The van der Waals surface area contributed by atoms with Crippen LogP contribution >= 0.6 is 0 Å². The lowest BCUT2D eigenvalue weighted by atomic mass is 9.75. The molecule has 2 rings (SSSR count). The lowest BCUT2D eigenvalue weighted by molar-refractivity contribution is -0.160. The van der Waals surface area contributed by atoms with Crippen molar-refractivity contribution in [2.75, 3.05) is 26.3 Å². The molecule has 2 fully saturated rings. The van der Waals surface area contributed by atoms with Gasteiger partial charge in [0.15, 0.2) is 0 Å². The summed E-state index contributed by atoms with van der Waals surface area (Å²) in [6.45, 7) is 7.21. The van der Waals surface area contributed by atoms with Gasteiger partial charge in [0.1, 0.15) is 6.61 Å². The van der Waals surface area contributed by atoms with Crippen LogP contribution in [0, 0.1) is 11.3 Å². The minimum atomic E-state index is -0.397. The van der Waals surface area contributed by atoms with Gasteiger partial charge < -0.3 is 14.8 Å². The lowest BCUT2D eigenvalue weighted by Crippen LogP contribution is -2.43. The Bertz CT molecular complexity index is 279. The van der Waals surface area contributed by atoms with Gasteiger partial charge in [-0.15, -0.1) is 0 Å². The van der Waals surface area contributed by atoms with Crippen molar-refractivity contribution in [1.29, 1.82) is 0 Å². The van der Waals surface area contributed by atoms with Gasteiger partial charge in [0.05, 0.1) is 11.5 Å². The van der Waals surface area contributed by atoms with Crippen LogP contribution in [0.2, 0.25) is 0 Å². The zero-order valence-electron chi connectivity index (χ0n) is 11.5. The van der Waals surface area contributed by atoms with E-state index in [4.69, 9.17) is 9.47 Å². The molecular weight excluding hydrogens is 230 g/mol. The molecule has 1 N–H and O–H groups in total. The number of esters is 1. The number of carbonyl (C=O) groups excluding carboxylic acids is 1. The van der Waals surface area contributed by atoms with Gasteiger partial charge in [-0.05, 0) is 58.5 Å². The number of rotatable bonds is 4. The third-order valence-electron chi connectivity index (χ3n) is 4.27. The molecule has 2 heterocycles. The smallest absolute Gasteiger partial charge is 0.311 e. The molecule has 0 aromatic rings. The van der Waals surface area contributed by atoms with E-state index in [9.17, 15) is 4.79 Å². The van der Waals surface area contributed by atoms with E-state index in [0.29, 0.717) is 12.5 Å². The van der Waals surface area contributed by atoms with Gasteiger partial charge in [0.2, 0.25) is 0 Å². The molecule has 0 amide bonds. The maximum atomic E-state index is 12.2. The molecule has 0 spiro atoms. The zero-order valence-corrected chi connectivity index (χ0v) is 11.5. The molecule has 4 heteroatoms. The first kappa shape index (κ1) is 13.8. The van der Waals surface area contributed by atoms with E-state index in [-0.39, 0.29) is 12.1 Å². The van der Waals surface area contributed by atoms with Crippen LogP contribution in [0.3, 0.4) is 0 Å². The maximum absolute atomic E-state index is 12.2. The molecule has 2 unspecified atom stereocenters. The average Bonchev–Trinajstić information content (AvgIpc) is 2.90. The second-order valence-electron chi connectivity index (χ2n) is 6.00. The molecule has 2 saturated heterocycles. The van der Waals surface area contributed by atoms with Crippen LogP contribution in [0.1, 0.15) is 39.5 Å². The fourth-order valence-electron chi connectivity index (χ4n) is 2.76. The SMILES string of the molecule is CC(C)(C(=O)OCC1CCCO1)C1CCCNC1. The molecule has 0 radical (unpaired) electrons. The molecule has 0 aromatic carbocycles. The monoisotopic (exact) mass is 255 g/mol. The first-order valence-electron chi connectivity index (χ1n) is 7.10. The van der Waals surface area contributed by atoms with Gasteiger partial charge >= 0.3 is 5.97 Å². The van der Waals surface area contributed by atoms with E-state index < -0.39 is 5.41 Å². The first-order valence-corrected chi connectivity index (χ1v) is 7.10. The molecule has 0 saturated carbocycles. The van der Waals surface area contributed by atoms with Gasteiger partial charge in [-0.3, -0.25) is 4.79 Å². The molecular formula is C14H25NO3. The normalized spacial score (nSPS) is 29.2. The second-order valence-corrected chi connectivity index (χ2v) is 6.00. The predicted octanol–water partition coefficient (Wildman–Crippen LogP) is 1.73. The van der Waals surface area contributed by atoms with E-state index in [1.807, 2.05) is 13.8 Å². The van der Waals surface area contributed by atoms with Crippen molar-refractivity contribution in [2.24, 2.45) is 11.3 Å². The minimum absolute atomic E-state index is 0.0771. The molecule has 2 atom stereocenters. The number of hydrogen-bond acceptors (Lipinski definition) is 4. The Balaban J connectivity index is 1.81. The van der Waals surface area contributed by atoms with Crippen molar-refractivity contribution in [1.82, 2.24) is 5.32 Å². The third-order valence-corrected chi connectivity index (χ3v) is 4.27. The maximum Gasteiger partial charge on any atom is 0.311 e. The van der Waals surface area contributed by atoms with Gasteiger partial charge in [0, 0.05) is 6.61 Å². The summed E-state index contributed by atoms with van der Waals surface area (Å²) in [5.74, 6) is 0.301. The molecule has 0 aromatic heterocycles. The lowest BCUT2D eigenvalue weighted by Gasteiger charge is -2.35. The molecule has 0 bridgehead atoms. The van der Waals surface area contributed by atoms with Crippen LogP contribution in [-0.2, 0) is 14.3 Å². The van der Waals surface area contributed by atoms with Crippen LogP contribution in [0.5, 0.6) is 0 Å². The minimum Gasteiger partial charge on any atom is -0.463 e. The Morgan fingerprint density at radius 2 is 2.22 bits per heavy atom. The van der Waals surface area contributed by atoms with E-state index in [1.54, 1.807) is 0 Å². The Kier molecular flexibility index (Phi) is 4.62. The highest BCUT2D eigenvalue weighted by molar-refractivity contribution is 5.76. The summed E-state index contributed by atoms with van der Waals surface area (Å²) in [5, 5.41) is 3.36. The highest BCUT2D eigenvalue weighted by atomic mass is 16.6. The summed E-state index contributed by atoms with van der Waals surface area (Å²) in [6.07, 6.45) is 4.47. The third kappa shape index (κ3) is 3.23. The second kappa shape index (κ2) is 6.02. The van der Waals surface area contributed by atoms with Crippen LogP contribution in [0.25, 0.3) is 0 Å². The zero-order chi connectivity index (χ0) is 13.0. The summed E-state index contributed by atoms with van der Waals surface area (Å²) in [7, 11) is 0. The van der Waals surface area contributed by atoms with Crippen molar-refractivity contribution < 1.29 is 14.3 Å². The fourth-order valence-corrected chi connectivity index (χ4v) is 2.76. The van der Waals surface area contributed by atoms with E-state index in [1.165, 1.54) is 0 Å². The standard InChI is InChI=1S/C14H25NO3/c1-14(2,11-5-3-7-15-9-11)13(16)18-10-12-6-4-8-17-12/h11-12,15H,3-10H2,1-2H3. The molecule has 18 heavy (non-hydrogen) atoms. The summed E-state index contributed by atoms with van der Waals surface area (Å²) >= 11 is 0. The van der Waals surface area contributed by atoms with Crippen molar-refractivity contribution in [3.63, 3.8) is 0 Å². The Morgan fingerprint density at radius 1 is 1.39 bits per heavy atom. The van der Waals surface area contributed by atoms with E-state index in [2.05, 4.69) is 5.32 Å². The van der Waals surface area contributed by atoms with Gasteiger partial charge in [-0.25, -0.2) is 0 Å². The summed E-state index contributed by atoms with van der Waals surface area (Å²) in [5.41, 5.74) is -0.397. The summed E-state index contributed by atoms with van der Waals surface area (Å²) < 4.78 is 10.9. The first-order chi connectivity index (χ1) is 8.60. The van der Waals surface area contributed by atoms with Crippen molar-refractivity contribution >= 4 is 5.97 Å². The summed E-state index contributed by atoms with van der Waals surface area (Å²) in [4.78, 5) is 12.2. The van der Waals surface area contributed by atoms with Crippen LogP contribution in [0.4, 0.5) is 0 Å². The van der Waals surface area contributed by atoms with Gasteiger partial charge in [0.25, 0.3) is 0 Å². The number of hydrogen-bond donors (Lipinski definition) is 1. The Morgan fingerprint density at radius 3 is 2.83 bits per heavy atom. The highest BCUT2D eigenvalue weighted by Gasteiger charge is 2.39. The van der Waals surface area contributed by atoms with Crippen LogP contribution < -0.4 is 5.32 Å². The van der Waals surface area contributed by atoms with Crippen molar-refractivity contribution in [3.05, 3.63) is 0 Å². The van der Waals surface area contributed by atoms with Gasteiger partial charge in [-0.2, -0.15) is 0 Å². The van der Waals surface area contributed by atoms with Crippen LogP contribution in [-0.4, -0.2) is 38.4 Å². The molecule has 104 valence electrons. The van der Waals surface area contributed by atoms with Crippen LogP contribution in [0.15, 0.2) is 0 Å². The van der Waals surface area contributed by atoms with Crippen molar-refractivity contribution in [3.8, 4) is 0 Å². The van der Waals surface area contributed by atoms with Gasteiger partial charge in [-0.1, -0.05) is 0 Å². The number of nitrogens with one attached hydrogen (secondary N) is 1. The number of carbonyl (C=O) groups is 1. The average molecular weight is 255 g/mol. The summed E-state index contributed by atoms with van der Waals surface area (Å²) in [6, 6.07) is 0. The predicted molar refractivity (Wildman–Crippen MR) is 69.3 cm³/mol. The fraction of sp³-hybridized carbons (Fsp3) is 0.929. The molecule has 2 aliphatic rings. The molecule has 4 nitrogen and oxygen atoms in total. The number of piperidine rings is 1. The highest BCUT2D eigenvalue weighted by Crippen LogP contribution is 2.33. The Hall–Kier alpha value is -0.610. The molecule has 2 aliphatic heterocycles. The largest absolute Gasteiger partial charge is 0.463 e. The topological polar surface area (TPSA) is 47.6 Å². The Labute approximate surface area is 109 Å². The van der Waals surface area contributed by atoms with Crippen molar-refractivity contribution in [2.45, 2.75) is 45.6 Å². The van der Waals surface area contributed by atoms with E-state index in [0.717, 1.165) is 45.4 Å². The quantitative estimate of drug-likeness (QED) is 0.777. The molecule has 0 aliphatic carbocycles.